The molecule has 2 aromatic heterocycles. The molecule has 0 unspecified atom stereocenters. The van der Waals surface area contributed by atoms with Crippen molar-refractivity contribution in [2.45, 2.75) is 109 Å². The van der Waals surface area contributed by atoms with E-state index in [1.807, 2.05) is 67.8 Å². The molecule has 1 aliphatic rings. The number of thiazole rings is 1. The van der Waals surface area contributed by atoms with E-state index in [0.29, 0.717) is 37.4 Å². The van der Waals surface area contributed by atoms with E-state index in [0.717, 1.165) is 36.9 Å². The summed E-state index contributed by atoms with van der Waals surface area (Å²) in [6.45, 7) is 4.77. The number of hydrogen-bond donors (Lipinski definition) is 2. The van der Waals surface area contributed by atoms with E-state index in [1.54, 1.807) is 28.6 Å². The highest BCUT2D eigenvalue weighted by molar-refractivity contribution is 7.07. The first-order valence-corrected chi connectivity index (χ1v) is 19.0. The van der Waals surface area contributed by atoms with E-state index in [9.17, 15) is 24.6 Å². The van der Waals surface area contributed by atoms with Crippen molar-refractivity contribution in [2.75, 3.05) is 20.1 Å². The zero-order valence-corrected chi connectivity index (χ0v) is 30.7. The summed E-state index contributed by atoms with van der Waals surface area (Å²) in [5.74, 6) is -0.267. The van der Waals surface area contributed by atoms with Gasteiger partial charge in [-0.3, -0.25) is 19.4 Å². The molecule has 10 nitrogen and oxygen atoms in total. The lowest BCUT2D eigenvalue weighted by atomic mass is 9.81. The second-order valence-corrected chi connectivity index (χ2v) is 14.8. The van der Waals surface area contributed by atoms with Gasteiger partial charge in [-0.1, -0.05) is 82.3 Å². The van der Waals surface area contributed by atoms with Gasteiger partial charge in [0.2, 0.25) is 17.7 Å². The van der Waals surface area contributed by atoms with Gasteiger partial charge in [-0.05, 0) is 42.4 Å². The molecule has 50 heavy (non-hydrogen) atoms. The number of nitrogens with zero attached hydrogens (tertiary/aromatic N) is 5. The number of carbonyl (C=O) groups is 3. The van der Waals surface area contributed by atoms with Crippen molar-refractivity contribution in [3.8, 4) is 0 Å². The molecule has 0 saturated heterocycles. The molecule has 3 amide bonds. The van der Waals surface area contributed by atoms with E-state index in [-0.39, 0.29) is 56.1 Å². The second-order valence-electron chi connectivity index (χ2n) is 14.1. The fourth-order valence-electron chi connectivity index (χ4n) is 6.76. The van der Waals surface area contributed by atoms with Gasteiger partial charge < -0.3 is 24.9 Å². The minimum atomic E-state index is -1.13. The summed E-state index contributed by atoms with van der Waals surface area (Å²) in [6.07, 6.45) is 6.49. The summed E-state index contributed by atoms with van der Waals surface area (Å²) in [5, 5.41) is 24.6. The molecule has 2 heterocycles. The molecule has 2 N–H and O–H groups in total. The Morgan fingerprint density at radius 3 is 2.26 bits per heavy atom. The number of carbonyl (C=O) groups excluding carboxylic acids is 3. The predicted molar refractivity (Wildman–Crippen MR) is 196 cm³/mol. The number of likely N-dealkylation sites (N-methyl/N-ethyl adjacent to an activating group) is 1. The Labute approximate surface area is 301 Å². The number of pyridine rings is 1. The van der Waals surface area contributed by atoms with Crippen LogP contribution in [0.15, 0.2) is 65.6 Å². The fraction of sp³-hybridized carbons (Fsp3) is 0.564. The van der Waals surface area contributed by atoms with E-state index in [4.69, 9.17) is 0 Å². The van der Waals surface area contributed by atoms with Crippen molar-refractivity contribution < 1.29 is 24.6 Å². The average Bonchev–Trinajstić information content (AvgIpc) is 3.64. The maximum absolute atomic E-state index is 14.2. The van der Waals surface area contributed by atoms with E-state index in [2.05, 4.69) is 9.97 Å². The number of aliphatic hydroxyl groups excluding tert-OH is 2. The van der Waals surface area contributed by atoms with Gasteiger partial charge in [0.1, 0.15) is 12.6 Å². The van der Waals surface area contributed by atoms with Crippen LogP contribution in [-0.4, -0.2) is 91.0 Å². The largest absolute Gasteiger partial charge is 0.390 e. The Kier molecular flexibility index (Phi) is 15.8. The average molecular weight is 706 g/mol. The van der Waals surface area contributed by atoms with Crippen molar-refractivity contribution in [1.82, 2.24) is 24.7 Å². The second kappa shape index (κ2) is 20.2. The molecule has 0 spiro atoms. The molecular weight excluding hydrogens is 651 g/mol. The lowest BCUT2D eigenvalue weighted by Crippen LogP contribution is -2.52. The van der Waals surface area contributed by atoms with E-state index < -0.39 is 18.2 Å². The Bertz CT molecular complexity index is 1440. The van der Waals surface area contributed by atoms with Crippen molar-refractivity contribution in [3.63, 3.8) is 0 Å². The smallest absolute Gasteiger partial charge is 0.241 e. The summed E-state index contributed by atoms with van der Waals surface area (Å²) in [6, 6.07) is 14.6. The molecule has 1 aromatic carbocycles. The molecule has 0 aliphatic heterocycles. The summed E-state index contributed by atoms with van der Waals surface area (Å²) in [7, 11) is 1.72. The van der Waals surface area contributed by atoms with Gasteiger partial charge >= 0.3 is 0 Å². The van der Waals surface area contributed by atoms with Crippen LogP contribution in [0.25, 0.3) is 0 Å². The van der Waals surface area contributed by atoms with Crippen molar-refractivity contribution >= 4 is 29.1 Å². The Morgan fingerprint density at radius 1 is 0.880 bits per heavy atom. The minimum absolute atomic E-state index is 0.0911. The number of benzene rings is 1. The van der Waals surface area contributed by atoms with Crippen LogP contribution in [0.1, 0.15) is 88.6 Å². The van der Waals surface area contributed by atoms with Crippen LogP contribution in [0, 0.1) is 11.8 Å². The number of hydrogen-bond acceptors (Lipinski definition) is 8. The summed E-state index contributed by atoms with van der Waals surface area (Å²) >= 11 is 1.44. The summed E-state index contributed by atoms with van der Waals surface area (Å²) < 4.78 is 0. The van der Waals surface area contributed by atoms with Gasteiger partial charge in [-0.2, -0.15) is 0 Å². The quantitative estimate of drug-likeness (QED) is 0.169. The first-order chi connectivity index (χ1) is 24.1. The molecule has 4 rings (SSSR count). The van der Waals surface area contributed by atoms with Crippen molar-refractivity contribution in [1.29, 1.82) is 0 Å². The van der Waals surface area contributed by atoms with Crippen LogP contribution < -0.4 is 0 Å². The third-order valence-electron chi connectivity index (χ3n) is 9.64. The molecular formula is C39H55N5O5S. The highest BCUT2D eigenvalue weighted by atomic mass is 32.1. The first-order valence-electron chi connectivity index (χ1n) is 18.1. The topological polar surface area (TPSA) is 127 Å². The molecule has 272 valence electrons. The van der Waals surface area contributed by atoms with Gasteiger partial charge in [-0.25, -0.2) is 4.98 Å². The zero-order chi connectivity index (χ0) is 35.9. The van der Waals surface area contributed by atoms with Crippen LogP contribution in [0.3, 0.4) is 0 Å². The molecule has 0 bridgehead atoms. The maximum atomic E-state index is 14.2. The summed E-state index contributed by atoms with van der Waals surface area (Å²) in [4.78, 5) is 55.0. The number of rotatable bonds is 19. The van der Waals surface area contributed by atoms with Crippen LogP contribution in [-0.2, 0) is 33.9 Å². The van der Waals surface area contributed by atoms with Crippen LogP contribution >= 0.6 is 11.3 Å². The molecule has 1 aliphatic carbocycles. The monoisotopic (exact) mass is 705 g/mol. The third-order valence-corrected chi connectivity index (χ3v) is 10.3. The molecule has 1 saturated carbocycles. The Morgan fingerprint density at radius 2 is 1.60 bits per heavy atom. The van der Waals surface area contributed by atoms with Crippen molar-refractivity contribution in [3.05, 3.63) is 82.6 Å². The van der Waals surface area contributed by atoms with Crippen LogP contribution in [0.5, 0.6) is 0 Å². The number of aromatic nitrogens is 2. The lowest BCUT2D eigenvalue weighted by Gasteiger charge is -2.39. The molecule has 1 fully saturated rings. The molecule has 3 aromatic rings. The van der Waals surface area contributed by atoms with Gasteiger partial charge in [0, 0.05) is 56.7 Å². The maximum Gasteiger partial charge on any atom is 0.241 e. The number of amides is 3. The van der Waals surface area contributed by atoms with E-state index in [1.165, 1.54) is 22.7 Å². The highest BCUT2D eigenvalue weighted by Crippen LogP contribution is 2.32. The van der Waals surface area contributed by atoms with Crippen LogP contribution in [0.2, 0.25) is 0 Å². The van der Waals surface area contributed by atoms with Gasteiger partial charge in [0.25, 0.3) is 0 Å². The third kappa shape index (κ3) is 12.6. The minimum Gasteiger partial charge on any atom is -0.390 e. The van der Waals surface area contributed by atoms with Gasteiger partial charge in [0.05, 0.1) is 29.9 Å². The molecule has 3 atom stereocenters. The Hall–Kier alpha value is -3.67. The first kappa shape index (κ1) is 39.1. The van der Waals surface area contributed by atoms with E-state index >= 15 is 0 Å². The zero-order valence-electron chi connectivity index (χ0n) is 29.9. The Balaban J connectivity index is 1.50. The molecule has 11 heteroatoms. The predicted octanol–water partition coefficient (Wildman–Crippen LogP) is 5.48. The SMILES string of the molecule is CC(C)C[C@H](O)[C@H](O)[C@H](CC1CCCCC1)N(Cc1cscn1)C(=O)CCC(=O)N(CC(=O)N(C)CCc1ccccn1)Cc1ccccc1. The number of aliphatic hydroxyl groups is 2. The van der Waals surface area contributed by atoms with Gasteiger partial charge in [-0.15, -0.1) is 11.3 Å². The van der Waals surface area contributed by atoms with Gasteiger partial charge in [0.15, 0.2) is 0 Å². The van der Waals surface area contributed by atoms with Crippen LogP contribution in [0.4, 0.5) is 0 Å². The fourth-order valence-corrected chi connectivity index (χ4v) is 7.31. The van der Waals surface area contributed by atoms with Crippen molar-refractivity contribution in [2.24, 2.45) is 11.8 Å². The standard InChI is InChI=1S/C39H55N5O5S/c1-29(2)22-35(45)39(49)34(23-30-12-6-4-7-13-30)44(25-33-27-50-28-41-33)37(47)18-17-36(46)43(24-31-14-8-5-9-15-31)26-38(48)42(3)21-19-32-16-10-11-20-40-32/h5,8-11,14-16,20,27-30,34-35,39,45,49H,4,6-7,12-13,17-19,21-26H2,1-3H3/t34-,35-,39+/m0/s1. The summed E-state index contributed by atoms with van der Waals surface area (Å²) in [5.41, 5.74) is 4.19. The molecule has 0 radical (unpaired) electrons. The highest BCUT2D eigenvalue weighted by Gasteiger charge is 2.36. The normalized spacial score (nSPS) is 15.3. The lowest BCUT2D eigenvalue weighted by molar-refractivity contribution is -0.145.